The van der Waals surface area contributed by atoms with Crippen molar-refractivity contribution in [1.29, 1.82) is 0 Å². The normalized spacial score (nSPS) is 19.4. The fraction of sp³-hybridized carbons (Fsp3) is 0.278. The predicted octanol–water partition coefficient (Wildman–Crippen LogP) is 3.56. The quantitative estimate of drug-likeness (QED) is 0.922. The molecular formula is C18H18O2. The second kappa shape index (κ2) is 5.59. The highest BCUT2D eigenvalue weighted by Crippen LogP contribution is 2.31. The van der Waals surface area contributed by atoms with Gasteiger partial charge >= 0.3 is 0 Å². The Hall–Kier alpha value is -1.93. The zero-order valence-corrected chi connectivity index (χ0v) is 11.3. The summed E-state index contributed by atoms with van der Waals surface area (Å²) in [4.78, 5) is 12.5. The van der Waals surface area contributed by atoms with Crippen molar-refractivity contribution in [3.05, 3.63) is 71.3 Å². The first kappa shape index (κ1) is 13.1. The average molecular weight is 266 g/mol. The smallest absolute Gasteiger partial charge is 0.166 e. The van der Waals surface area contributed by atoms with E-state index in [9.17, 15) is 9.90 Å². The van der Waals surface area contributed by atoms with Gasteiger partial charge in [-0.1, -0.05) is 54.6 Å². The van der Waals surface area contributed by atoms with Crippen LogP contribution < -0.4 is 0 Å². The number of fused-ring (bicyclic) bond motifs is 1. The predicted molar refractivity (Wildman–Crippen MR) is 78.6 cm³/mol. The molecule has 2 aromatic rings. The number of carbonyl (C=O) groups is 1. The van der Waals surface area contributed by atoms with Crippen LogP contribution in [0.2, 0.25) is 0 Å². The van der Waals surface area contributed by atoms with Gasteiger partial charge in [0, 0.05) is 11.5 Å². The van der Waals surface area contributed by atoms with Gasteiger partial charge in [-0.15, -0.1) is 0 Å². The third-order valence-corrected chi connectivity index (χ3v) is 4.11. The van der Waals surface area contributed by atoms with Crippen LogP contribution in [-0.4, -0.2) is 10.9 Å². The first-order chi connectivity index (χ1) is 9.75. The van der Waals surface area contributed by atoms with E-state index in [2.05, 4.69) is 0 Å². The number of ketones is 1. The highest BCUT2D eigenvalue weighted by molar-refractivity contribution is 6.00. The number of aliphatic hydroxyl groups is 1. The number of benzene rings is 2. The lowest BCUT2D eigenvalue weighted by atomic mass is 9.79. The standard InChI is InChI=1S/C18H18O2/c19-17(14-7-2-1-3-8-14)12-15-11-10-13-6-4-5-9-16(13)18(15)20/h1-9,15,17,19H,10-12H2. The summed E-state index contributed by atoms with van der Waals surface area (Å²) in [5.74, 6) is 0.113. The summed E-state index contributed by atoms with van der Waals surface area (Å²) in [6.45, 7) is 0. The maximum absolute atomic E-state index is 12.5. The first-order valence-corrected chi connectivity index (χ1v) is 7.11. The zero-order valence-electron chi connectivity index (χ0n) is 11.3. The Labute approximate surface area is 119 Å². The van der Waals surface area contributed by atoms with Crippen LogP contribution in [0.3, 0.4) is 0 Å². The van der Waals surface area contributed by atoms with Gasteiger partial charge in [0.15, 0.2) is 5.78 Å². The van der Waals surface area contributed by atoms with E-state index in [-0.39, 0.29) is 11.7 Å². The van der Waals surface area contributed by atoms with Gasteiger partial charge in [0.05, 0.1) is 6.10 Å². The Balaban J connectivity index is 1.75. The molecule has 0 saturated heterocycles. The van der Waals surface area contributed by atoms with Crippen molar-refractivity contribution in [2.45, 2.75) is 25.4 Å². The molecule has 0 fully saturated rings. The molecule has 2 atom stereocenters. The van der Waals surface area contributed by atoms with Crippen molar-refractivity contribution in [2.24, 2.45) is 5.92 Å². The van der Waals surface area contributed by atoms with Gasteiger partial charge < -0.3 is 5.11 Å². The number of Topliss-reactive ketones (excluding diaryl/α,β-unsaturated/α-hetero) is 1. The molecular weight excluding hydrogens is 248 g/mol. The fourth-order valence-electron chi connectivity index (χ4n) is 2.97. The van der Waals surface area contributed by atoms with E-state index in [0.717, 1.165) is 29.5 Å². The lowest BCUT2D eigenvalue weighted by molar-refractivity contribution is 0.0808. The van der Waals surface area contributed by atoms with Gasteiger partial charge in [-0.2, -0.15) is 0 Å². The molecule has 0 heterocycles. The number of hydrogen-bond donors (Lipinski definition) is 1. The van der Waals surface area contributed by atoms with Crippen LogP contribution in [-0.2, 0) is 6.42 Å². The van der Waals surface area contributed by atoms with Crippen molar-refractivity contribution in [3.63, 3.8) is 0 Å². The van der Waals surface area contributed by atoms with Gasteiger partial charge in [0.2, 0.25) is 0 Å². The van der Waals surface area contributed by atoms with Crippen molar-refractivity contribution < 1.29 is 9.90 Å². The number of hydrogen-bond acceptors (Lipinski definition) is 2. The van der Waals surface area contributed by atoms with E-state index in [1.807, 2.05) is 54.6 Å². The molecule has 0 aromatic heterocycles. The minimum Gasteiger partial charge on any atom is -0.388 e. The van der Waals surface area contributed by atoms with Crippen molar-refractivity contribution in [2.75, 3.05) is 0 Å². The van der Waals surface area contributed by atoms with Crippen LogP contribution in [0.4, 0.5) is 0 Å². The second-order valence-electron chi connectivity index (χ2n) is 5.42. The van der Waals surface area contributed by atoms with E-state index >= 15 is 0 Å². The first-order valence-electron chi connectivity index (χ1n) is 7.11. The number of carbonyl (C=O) groups excluding carboxylic acids is 1. The van der Waals surface area contributed by atoms with Crippen LogP contribution in [0.15, 0.2) is 54.6 Å². The van der Waals surface area contributed by atoms with E-state index < -0.39 is 6.10 Å². The third-order valence-electron chi connectivity index (χ3n) is 4.11. The molecule has 0 aliphatic heterocycles. The Morgan fingerprint density at radius 1 is 1.05 bits per heavy atom. The largest absolute Gasteiger partial charge is 0.388 e. The number of aliphatic hydroxyl groups excluding tert-OH is 1. The lowest BCUT2D eigenvalue weighted by Crippen LogP contribution is -2.24. The molecule has 2 aromatic carbocycles. The summed E-state index contributed by atoms with van der Waals surface area (Å²) in [5.41, 5.74) is 2.87. The molecule has 0 amide bonds. The molecule has 1 aliphatic rings. The minimum absolute atomic E-state index is 0.0693. The Bertz CT molecular complexity index is 604. The van der Waals surface area contributed by atoms with E-state index in [4.69, 9.17) is 0 Å². The molecule has 0 spiro atoms. The van der Waals surface area contributed by atoms with Crippen LogP contribution >= 0.6 is 0 Å². The third kappa shape index (κ3) is 2.52. The Morgan fingerprint density at radius 3 is 2.55 bits per heavy atom. The fourth-order valence-corrected chi connectivity index (χ4v) is 2.97. The van der Waals surface area contributed by atoms with Crippen molar-refractivity contribution in [3.8, 4) is 0 Å². The summed E-state index contributed by atoms with van der Waals surface area (Å²) in [5, 5.41) is 10.3. The van der Waals surface area contributed by atoms with Crippen molar-refractivity contribution in [1.82, 2.24) is 0 Å². The maximum Gasteiger partial charge on any atom is 0.166 e. The summed E-state index contributed by atoms with van der Waals surface area (Å²) < 4.78 is 0. The average Bonchev–Trinajstić information content (AvgIpc) is 2.51. The lowest BCUT2D eigenvalue weighted by Gasteiger charge is -2.25. The monoisotopic (exact) mass is 266 g/mol. The van der Waals surface area contributed by atoms with E-state index in [0.29, 0.717) is 6.42 Å². The summed E-state index contributed by atoms with van der Waals surface area (Å²) in [6, 6.07) is 17.4. The Morgan fingerprint density at radius 2 is 1.75 bits per heavy atom. The SMILES string of the molecule is O=C1c2ccccc2CCC1CC(O)c1ccccc1. The Kier molecular flexibility index (Phi) is 3.66. The van der Waals surface area contributed by atoms with Crippen molar-refractivity contribution >= 4 is 5.78 Å². The summed E-state index contributed by atoms with van der Waals surface area (Å²) >= 11 is 0. The van der Waals surface area contributed by atoms with Crippen LogP contribution in [0.25, 0.3) is 0 Å². The minimum atomic E-state index is -0.560. The molecule has 0 bridgehead atoms. The van der Waals surface area contributed by atoms with Gasteiger partial charge in [-0.05, 0) is 30.4 Å². The number of aryl methyl sites for hydroxylation is 1. The summed E-state index contributed by atoms with van der Waals surface area (Å²) in [7, 11) is 0. The van der Waals surface area contributed by atoms with E-state index in [1.165, 1.54) is 0 Å². The maximum atomic E-state index is 12.5. The molecule has 20 heavy (non-hydrogen) atoms. The van der Waals surface area contributed by atoms with Gasteiger partial charge in [-0.3, -0.25) is 4.79 Å². The van der Waals surface area contributed by atoms with Crippen LogP contribution in [0.5, 0.6) is 0 Å². The highest BCUT2D eigenvalue weighted by Gasteiger charge is 2.28. The van der Waals surface area contributed by atoms with Crippen LogP contribution in [0.1, 0.15) is 40.4 Å². The molecule has 0 radical (unpaired) electrons. The molecule has 2 nitrogen and oxygen atoms in total. The molecule has 2 heteroatoms. The second-order valence-corrected chi connectivity index (χ2v) is 5.42. The van der Waals surface area contributed by atoms with Gasteiger partial charge in [-0.25, -0.2) is 0 Å². The zero-order chi connectivity index (χ0) is 13.9. The van der Waals surface area contributed by atoms with E-state index in [1.54, 1.807) is 0 Å². The number of rotatable bonds is 3. The molecule has 1 aliphatic carbocycles. The van der Waals surface area contributed by atoms with Gasteiger partial charge in [0.1, 0.15) is 0 Å². The van der Waals surface area contributed by atoms with Gasteiger partial charge in [0.25, 0.3) is 0 Å². The molecule has 0 saturated carbocycles. The van der Waals surface area contributed by atoms with Crippen LogP contribution in [0, 0.1) is 5.92 Å². The molecule has 3 rings (SSSR count). The topological polar surface area (TPSA) is 37.3 Å². The highest BCUT2D eigenvalue weighted by atomic mass is 16.3. The molecule has 102 valence electrons. The summed E-state index contributed by atoms with van der Waals surface area (Å²) in [6.07, 6.45) is 1.71. The molecule has 1 N–H and O–H groups in total. The molecule has 2 unspecified atom stereocenters.